The number of non-ortho nitro benzene ring substituents is 1. The standard InChI is InChI=1S/C18H15N3O4/c1-12-19-17(11-13-3-5-15(6-4-13)21(23)24)18(22)20(12)14-7-9-16(25-2)10-8-14/h3-11H,1-2H3. The van der Waals surface area contributed by atoms with E-state index in [0.29, 0.717) is 22.8 Å². The van der Waals surface area contributed by atoms with Gasteiger partial charge in [-0.25, -0.2) is 4.99 Å². The van der Waals surface area contributed by atoms with Crippen LogP contribution in [0.15, 0.2) is 59.2 Å². The summed E-state index contributed by atoms with van der Waals surface area (Å²) in [5.74, 6) is 1.01. The van der Waals surface area contributed by atoms with Crippen molar-refractivity contribution in [2.24, 2.45) is 4.99 Å². The molecule has 0 spiro atoms. The highest BCUT2D eigenvalue weighted by Gasteiger charge is 2.28. The number of amidine groups is 1. The summed E-state index contributed by atoms with van der Waals surface area (Å²) in [4.78, 5) is 28.7. The van der Waals surface area contributed by atoms with Gasteiger partial charge in [0.1, 0.15) is 17.3 Å². The molecule has 3 rings (SSSR count). The van der Waals surface area contributed by atoms with E-state index in [1.165, 1.54) is 17.0 Å². The molecular weight excluding hydrogens is 322 g/mol. The van der Waals surface area contributed by atoms with Crippen LogP contribution >= 0.6 is 0 Å². The second kappa shape index (κ2) is 6.56. The Balaban J connectivity index is 1.87. The zero-order valence-electron chi connectivity index (χ0n) is 13.7. The van der Waals surface area contributed by atoms with Crippen LogP contribution in [0.1, 0.15) is 12.5 Å². The summed E-state index contributed by atoms with van der Waals surface area (Å²) < 4.78 is 5.12. The number of hydrogen-bond donors (Lipinski definition) is 0. The molecule has 0 bridgehead atoms. The molecule has 0 aromatic heterocycles. The molecule has 0 N–H and O–H groups in total. The first-order valence-electron chi connectivity index (χ1n) is 7.49. The van der Waals surface area contributed by atoms with E-state index in [-0.39, 0.29) is 17.3 Å². The SMILES string of the molecule is COc1ccc(N2C(=O)C(=Cc3ccc([N+](=O)[O-])cc3)N=C2C)cc1. The second-order valence-corrected chi connectivity index (χ2v) is 5.38. The van der Waals surface area contributed by atoms with Crippen LogP contribution in [0.5, 0.6) is 5.75 Å². The van der Waals surface area contributed by atoms with E-state index in [4.69, 9.17) is 4.74 Å². The van der Waals surface area contributed by atoms with E-state index in [0.717, 1.165) is 0 Å². The summed E-state index contributed by atoms with van der Waals surface area (Å²) in [6.07, 6.45) is 1.61. The van der Waals surface area contributed by atoms with Crippen molar-refractivity contribution in [3.63, 3.8) is 0 Å². The number of nitrogens with zero attached hydrogens (tertiary/aromatic N) is 3. The third kappa shape index (κ3) is 3.25. The lowest BCUT2D eigenvalue weighted by molar-refractivity contribution is -0.384. The van der Waals surface area contributed by atoms with Gasteiger partial charge in [-0.15, -0.1) is 0 Å². The van der Waals surface area contributed by atoms with Crippen molar-refractivity contribution in [2.75, 3.05) is 12.0 Å². The van der Waals surface area contributed by atoms with Crippen LogP contribution in [0.25, 0.3) is 6.08 Å². The van der Waals surface area contributed by atoms with E-state index in [2.05, 4.69) is 4.99 Å². The van der Waals surface area contributed by atoms with Crippen LogP contribution < -0.4 is 9.64 Å². The van der Waals surface area contributed by atoms with Crippen LogP contribution in [0.4, 0.5) is 11.4 Å². The molecule has 1 heterocycles. The minimum Gasteiger partial charge on any atom is -0.497 e. The first-order valence-corrected chi connectivity index (χ1v) is 7.49. The third-order valence-electron chi connectivity index (χ3n) is 3.77. The Morgan fingerprint density at radius 2 is 1.76 bits per heavy atom. The summed E-state index contributed by atoms with van der Waals surface area (Å²) in [5.41, 5.74) is 1.64. The van der Waals surface area contributed by atoms with Crippen molar-refractivity contribution in [3.8, 4) is 5.75 Å². The largest absolute Gasteiger partial charge is 0.497 e. The van der Waals surface area contributed by atoms with Gasteiger partial charge in [-0.05, 0) is 55.0 Å². The number of benzene rings is 2. The number of ether oxygens (including phenoxy) is 1. The third-order valence-corrected chi connectivity index (χ3v) is 3.77. The van der Waals surface area contributed by atoms with Gasteiger partial charge in [-0.2, -0.15) is 0 Å². The topological polar surface area (TPSA) is 85.0 Å². The molecular formula is C18H15N3O4. The Morgan fingerprint density at radius 3 is 2.32 bits per heavy atom. The number of methoxy groups -OCH3 is 1. The Bertz CT molecular complexity index is 884. The first-order chi connectivity index (χ1) is 12.0. The zero-order chi connectivity index (χ0) is 18.0. The van der Waals surface area contributed by atoms with Crippen molar-refractivity contribution >= 4 is 29.2 Å². The smallest absolute Gasteiger partial charge is 0.282 e. The fourth-order valence-corrected chi connectivity index (χ4v) is 2.51. The predicted molar refractivity (Wildman–Crippen MR) is 94.7 cm³/mol. The van der Waals surface area contributed by atoms with Crippen LogP contribution in [0.3, 0.4) is 0 Å². The van der Waals surface area contributed by atoms with Crippen LogP contribution in [-0.2, 0) is 4.79 Å². The quantitative estimate of drug-likeness (QED) is 0.486. The predicted octanol–water partition coefficient (Wildman–Crippen LogP) is 3.41. The minimum absolute atomic E-state index is 0.000519. The molecule has 0 unspecified atom stereocenters. The maximum Gasteiger partial charge on any atom is 0.282 e. The number of carbonyl (C=O) groups is 1. The van der Waals surface area contributed by atoms with Crippen LogP contribution in [0, 0.1) is 10.1 Å². The number of hydrogen-bond acceptors (Lipinski definition) is 5. The Morgan fingerprint density at radius 1 is 1.12 bits per heavy atom. The van der Waals surface area contributed by atoms with Gasteiger partial charge in [0.25, 0.3) is 11.6 Å². The molecule has 2 aromatic rings. The lowest BCUT2D eigenvalue weighted by atomic mass is 10.1. The van der Waals surface area contributed by atoms with Crippen molar-refractivity contribution in [3.05, 3.63) is 69.9 Å². The lowest BCUT2D eigenvalue weighted by Crippen LogP contribution is -2.30. The highest BCUT2D eigenvalue weighted by atomic mass is 16.6. The molecule has 1 aliphatic heterocycles. The van der Waals surface area contributed by atoms with Gasteiger partial charge in [0, 0.05) is 12.1 Å². The highest BCUT2D eigenvalue weighted by Crippen LogP contribution is 2.27. The number of carbonyl (C=O) groups excluding carboxylic acids is 1. The van der Waals surface area contributed by atoms with Gasteiger partial charge >= 0.3 is 0 Å². The summed E-state index contributed by atoms with van der Waals surface area (Å²) in [5, 5.41) is 10.7. The number of amides is 1. The fraction of sp³-hybridized carbons (Fsp3) is 0.111. The van der Waals surface area contributed by atoms with Crippen molar-refractivity contribution in [1.29, 1.82) is 0 Å². The van der Waals surface area contributed by atoms with Gasteiger partial charge in [0.2, 0.25) is 0 Å². The number of rotatable bonds is 4. The van der Waals surface area contributed by atoms with E-state index >= 15 is 0 Å². The molecule has 0 saturated heterocycles. The summed E-state index contributed by atoms with van der Waals surface area (Å²) in [7, 11) is 1.58. The maximum atomic E-state index is 12.7. The first kappa shape index (κ1) is 16.4. The summed E-state index contributed by atoms with van der Waals surface area (Å²) >= 11 is 0. The van der Waals surface area contributed by atoms with Gasteiger partial charge in [-0.1, -0.05) is 0 Å². The molecule has 0 aliphatic carbocycles. The average Bonchev–Trinajstić information content (AvgIpc) is 2.89. The zero-order valence-corrected chi connectivity index (χ0v) is 13.7. The number of aliphatic imine (C=N–C) groups is 1. The minimum atomic E-state index is -0.467. The van der Waals surface area contributed by atoms with E-state index in [9.17, 15) is 14.9 Å². The van der Waals surface area contributed by atoms with Crippen molar-refractivity contribution in [2.45, 2.75) is 6.92 Å². The molecule has 7 heteroatoms. The monoisotopic (exact) mass is 337 g/mol. The Hall–Kier alpha value is -3.48. The normalized spacial score (nSPS) is 15.4. The molecule has 0 fully saturated rings. The van der Waals surface area contributed by atoms with Crippen molar-refractivity contribution < 1.29 is 14.5 Å². The summed E-state index contributed by atoms with van der Waals surface area (Å²) in [6.45, 7) is 1.75. The molecule has 1 aliphatic rings. The van der Waals surface area contributed by atoms with Crippen LogP contribution in [-0.4, -0.2) is 23.8 Å². The average molecular weight is 337 g/mol. The molecule has 126 valence electrons. The molecule has 0 saturated carbocycles. The van der Waals surface area contributed by atoms with Gasteiger partial charge in [0.15, 0.2) is 0 Å². The molecule has 2 aromatic carbocycles. The molecule has 0 atom stereocenters. The maximum absolute atomic E-state index is 12.7. The van der Waals surface area contributed by atoms with E-state index in [1.54, 1.807) is 56.5 Å². The molecule has 25 heavy (non-hydrogen) atoms. The van der Waals surface area contributed by atoms with Gasteiger partial charge < -0.3 is 4.74 Å². The Kier molecular flexibility index (Phi) is 4.30. The summed E-state index contributed by atoms with van der Waals surface area (Å²) in [6, 6.07) is 13.1. The highest BCUT2D eigenvalue weighted by molar-refractivity contribution is 6.28. The second-order valence-electron chi connectivity index (χ2n) is 5.38. The Labute approximate surface area is 144 Å². The molecule has 0 radical (unpaired) electrons. The van der Waals surface area contributed by atoms with Crippen molar-refractivity contribution in [1.82, 2.24) is 0 Å². The number of nitro benzene ring substituents is 1. The number of anilines is 1. The van der Waals surface area contributed by atoms with E-state index in [1.807, 2.05) is 0 Å². The van der Waals surface area contributed by atoms with Gasteiger partial charge in [0.05, 0.1) is 17.7 Å². The van der Waals surface area contributed by atoms with Crippen LogP contribution in [0.2, 0.25) is 0 Å². The molecule has 7 nitrogen and oxygen atoms in total. The van der Waals surface area contributed by atoms with Gasteiger partial charge in [-0.3, -0.25) is 19.8 Å². The van der Waals surface area contributed by atoms with E-state index < -0.39 is 4.92 Å². The molecule has 1 amide bonds. The lowest BCUT2D eigenvalue weighted by Gasteiger charge is -2.16. The fourth-order valence-electron chi connectivity index (χ4n) is 2.51. The number of nitro groups is 1.